The van der Waals surface area contributed by atoms with E-state index in [9.17, 15) is 9.59 Å². The van der Waals surface area contributed by atoms with Gasteiger partial charge in [-0.15, -0.1) is 0 Å². The number of nitrogens with zero attached hydrogens (tertiary/aromatic N) is 1. The second-order valence-corrected chi connectivity index (χ2v) is 7.94. The van der Waals surface area contributed by atoms with Gasteiger partial charge in [-0.05, 0) is 48.9 Å². The molecule has 0 spiro atoms. The minimum atomic E-state index is -0.558. The Morgan fingerprint density at radius 1 is 1.06 bits per heavy atom. The molecule has 0 radical (unpaired) electrons. The molecule has 0 unspecified atom stereocenters. The average Bonchev–Trinajstić information content (AvgIpc) is 3.11. The number of cyclic esters (lactones) is 1. The molecule has 0 aliphatic carbocycles. The van der Waals surface area contributed by atoms with Gasteiger partial charge in [-0.1, -0.05) is 64.0 Å². The fourth-order valence-electron chi connectivity index (χ4n) is 3.02. The fourth-order valence-corrected chi connectivity index (χ4v) is 3.40. The number of halogens is 1. The summed E-state index contributed by atoms with van der Waals surface area (Å²) >= 11 is 3.41. The first kappa shape index (κ1) is 20.8. The van der Waals surface area contributed by atoms with Gasteiger partial charge in [-0.2, -0.15) is 0 Å². The summed E-state index contributed by atoms with van der Waals surface area (Å²) < 4.78 is 11.7. The highest BCUT2D eigenvalue weighted by Gasteiger charge is 2.24. The summed E-state index contributed by atoms with van der Waals surface area (Å²) in [6.45, 7) is 1.98. The van der Waals surface area contributed by atoms with Crippen molar-refractivity contribution in [3.8, 4) is 5.75 Å². The molecule has 1 aliphatic heterocycles. The van der Waals surface area contributed by atoms with Crippen molar-refractivity contribution in [2.45, 2.75) is 13.3 Å². The zero-order chi connectivity index (χ0) is 21.8. The number of carbonyl (C=O) groups excluding carboxylic acids is 2. The van der Waals surface area contributed by atoms with E-state index < -0.39 is 11.9 Å². The molecule has 154 valence electrons. The molecule has 1 heterocycles. The summed E-state index contributed by atoms with van der Waals surface area (Å²) in [7, 11) is 0. The molecule has 0 atom stereocenters. The van der Waals surface area contributed by atoms with Gasteiger partial charge in [0.2, 0.25) is 5.90 Å². The normalized spacial score (nSPS) is 14.3. The zero-order valence-electron chi connectivity index (χ0n) is 16.7. The SMILES string of the molecule is Cc1ccc(C2=N/C(=C/c3cc(Br)ccc3OC(=O)Cc3ccccc3)C(=O)O2)cc1. The van der Waals surface area contributed by atoms with Gasteiger partial charge >= 0.3 is 11.9 Å². The molecule has 4 rings (SSSR count). The van der Waals surface area contributed by atoms with E-state index in [1.165, 1.54) is 0 Å². The molecular formula is C25H18BrNO4. The van der Waals surface area contributed by atoms with Crippen LogP contribution in [0.3, 0.4) is 0 Å². The van der Waals surface area contributed by atoms with Crippen molar-refractivity contribution < 1.29 is 19.1 Å². The molecular weight excluding hydrogens is 458 g/mol. The van der Waals surface area contributed by atoms with Crippen LogP contribution in [-0.4, -0.2) is 17.8 Å². The Labute approximate surface area is 188 Å². The van der Waals surface area contributed by atoms with Crippen LogP contribution in [0.1, 0.15) is 22.3 Å². The van der Waals surface area contributed by atoms with Crippen LogP contribution in [0.4, 0.5) is 0 Å². The van der Waals surface area contributed by atoms with Gasteiger partial charge in [-0.3, -0.25) is 4.79 Å². The van der Waals surface area contributed by atoms with Crippen LogP contribution in [0.15, 0.2) is 88.0 Å². The number of esters is 2. The van der Waals surface area contributed by atoms with Crippen LogP contribution in [-0.2, 0) is 20.7 Å². The average molecular weight is 476 g/mol. The van der Waals surface area contributed by atoms with Crippen LogP contribution in [0, 0.1) is 6.92 Å². The van der Waals surface area contributed by atoms with Crippen molar-refractivity contribution in [2.75, 3.05) is 0 Å². The number of hydrogen-bond donors (Lipinski definition) is 0. The maximum absolute atomic E-state index is 12.4. The zero-order valence-corrected chi connectivity index (χ0v) is 18.3. The van der Waals surface area contributed by atoms with Crippen molar-refractivity contribution in [3.05, 3.63) is 105 Å². The van der Waals surface area contributed by atoms with Gasteiger partial charge in [0, 0.05) is 15.6 Å². The summed E-state index contributed by atoms with van der Waals surface area (Å²) in [5.41, 5.74) is 3.34. The maximum Gasteiger partial charge on any atom is 0.363 e. The molecule has 31 heavy (non-hydrogen) atoms. The number of aryl methyl sites for hydroxylation is 1. The van der Waals surface area contributed by atoms with Gasteiger partial charge in [0.05, 0.1) is 6.42 Å². The molecule has 0 fully saturated rings. The quantitative estimate of drug-likeness (QED) is 0.287. The largest absolute Gasteiger partial charge is 0.426 e. The highest BCUT2D eigenvalue weighted by Crippen LogP contribution is 2.28. The van der Waals surface area contributed by atoms with Crippen molar-refractivity contribution in [3.63, 3.8) is 0 Å². The van der Waals surface area contributed by atoms with Crippen molar-refractivity contribution in [1.82, 2.24) is 0 Å². The van der Waals surface area contributed by atoms with Crippen LogP contribution in [0.5, 0.6) is 5.75 Å². The van der Waals surface area contributed by atoms with E-state index in [0.717, 1.165) is 15.6 Å². The minimum Gasteiger partial charge on any atom is -0.426 e. The van der Waals surface area contributed by atoms with E-state index in [1.807, 2.05) is 61.5 Å². The number of ether oxygens (including phenoxy) is 2. The third-order valence-corrected chi connectivity index (χ3v) is 5.09. The first-order valence-electron chi connectivity index (χ1n) is 9.62. The summed E-state index contributed by atoms with van der Waals surface area (Å²) in [4.78, 5) is 29.1. The van der Waals surface area contributed by atoms with E-state index in [-0.39, 0.29) is 18.0 Å². The topological polar surface area (TPSA) is 65.0 Å². The molecule has 3 aromatic carbocycles. The molecule has 0 bridgehead atoms. The Balaban J connectivity index is 1.59. The Bertz CT molecular complexity index is 1200. The smallest absolute Gasteiger partial charge is 0.363 e. The molecule has 3 aromatic rings. The Kier molecular flexibility index (Phi) is 6.09. The van der Waals surface area contributed by atoms with Crippen LogP contribution < -0.4 is 4.74 Å². The summed E-state index contributed by atoms with van der Waals surface area (Å²) in [6, 6.07) is 22.1. The van der Waals surface area contributed by atoms with Crippen LogP contribution >= 0.6 is 15.9 Å². The number of hydrogen-bond acceptors (Lipinski definition) is 5. The Morgan fingerprint density at radius 3 is 2.55 bits per heavy atom. The third-order valence-electron chi connectivity index (χ3n) is 4.60. The summed E-state index contributed by atoms with van der Waals surface area (Å²) in [5, 5.41) is 0. The van der Waals surface area contributed by atoms with E-state index in [0.29, 0.717) is 16.9 Å². The van der Waals surface area contributed by atoms with Gasteiger partial charge in [0.25, 0.3) is 0 Å². The van der Waals surface area contributed by atoms with E-state index in [4.69, 9.17) is 9.47 Å². The molecule has 6 heteroatoms. The molecule has 0 saturated heterocycles. The number of rotatable bonds is 5. The van der Waals surface area contributed by atoms with Gasteiger partial charge in [0.1, 0.15) is 5.75 Å². The molecule has 5 nitrogen and oxygen atoms in total. The third kappa shape index (κ3) is 5.16. The standard InChI is InChI=1S/C25H18BrNO4/c1-16-7-9-18(10-8-16)24-27-21(25(29)31-24)15-19-14-20(26)11-12-22(19)30-23(28)13-17-5-3-2-4-6-17/h2-12,14-15H,13H2,1H3/b21-15+. The number of carbonyl (C=O) groups is 2. The Morgan fingerprint density at radius 2 is 1.81 bits per heavy atom. The summed E-state index contributed by atoms with van der Waals surface area (Å²) in [6.07, 6.45) is 1.70. The Hall–Kier alpha value is -3.51. The maximum atomic E-state index is 12.4. The van der Waals surface area contributed by atoms with E-state index in [2.05, 4.69) is 20.9 Å². The minimum absolute atomic E-state index is 0.133. The lowest BCUT2D eigenvalue weighted by Crippen LogP contribution is -2.12. The molecule has 0 saturated carbocycles. The van der Waals surface area contributed by atoms with Gasteiger partial charge in [-0.25, -0.2) is 9.79 Å². The van der Waals surface area contributed by atoms with Gasteiger partial charge < -0.3 is 9.47 Å². The number of aliphatic imine (C=N–C) groups is 1. The first-order valence-corrected chi connectivity index (χ1v) is 10.4. The number of benzene rings is 3. The van der Waals surface area contributed by atoms with Crippen LogP contribution in [0.25, 0.3) is 6.08 Å². The highest BCUT2D eigenvalue weighted by molar-refractivity contribution is 9.10. The molecule has 0 aromatic heterocycles. The van der Waals surface area contributed by atoms with Gasteiger partial charge in [0.15, 0.2) is 5.70 Å². The lowest BCUT2D eigenvalue weighted by molar-refractivity contribution is -0.133. The van der Waals surface area contributed by atoms with Crippen molar-refractivity contribution >= 4 is 39.8 Å². The first-order chi connectivity index (χ1) is 15.0. The molecule has 0 N–H and O–H groups in total. The van der Waals surface area contributed by atoms with E-state index in [1.54, 1.807) is 24.3 Å². The van der Waals surface area contributed by atoms with E-state index >= 15 is 0 Å². The molecule has 1 aliphatic rings. The molecule has 0 amide bonds. The van der Waals surface area contributed by atoms with Crippen LogP contribution in [0.2, 0.25) is 0 Å². The second kappa shape index (κ2) is 9.10. The van der Waals surface area contributed by atoms with Crippen molar-refractivity contribution in [1.29, 1.82) is 0 Å². The summed E-state index contributed by atoms with van der Waals surface area (Å²) in [5.74, 6) is -0.375. The monoisotopic (exact) mass is 475 g/mol. The highest BCUT2D eigenvalue weighted by atomic mass is 79.9. The predicted octanol–water partition coefficient (Wildman–Crippen LogP) is 5.25. The fraction of sp³-hybridized carbons (Fsp3) is 0.0800. The lowest BCUT2D eigenvalue weighted by Gasteiger charge is -2.08. The lowest BCUT2D eigenvalue weighted by atomic mass is 10.1. The second-order valence-electron chi connectivity index (χ2n) is 7.02. The predicted molar refractivity (Wildman–Crippen MR) is 122 cm³/mol. The van der Waals surface area contributed by atoms with Crippen molar-refractivity contribution in [2.24, 2.45) is 4.99 Å².